The molecule has 1 spiro atoms. The van der Waals surface area contributed by atoms with Crippen LogP contribution in [0.4, 0.5) is 5.69 Å². The molecule has 160 valence electrons. The highest BCUT2D eigenvalue weighted by atomic mass is 35.5. The maximum absolute atomic E-state index is 11.7. The number of carbonyl (C=O) groups is 1. The molecule has 30 heavy (non-hydrogen) atoms. The van der Waals surface area contributed by atoms with E-state index in [1.54, 1.807) is 0 Å². The normalized spacial score (nSPS) is 28.2. The molecule has 9 nitrogen and oxygen atoms in total. The highest BCUT2D eigenvalue weighted by Crippen LogP contribution is 2.40. The Bertz CT molecular complexity index is 923. The van der Waals surface area contributed by atoms with Crippen LogP contribution in [-0.2, 0) is 4.79 Å². The first kappa shape index (κ1) is 19.9. The van der Waals surface area contributed by atoms with Crippen molar-refractivity contribution in [2.45, 2.75) is 18.9 Å². The Labute approximate surface area is 180 Å². The Morgan fingerprint density at radius 3 is 2.77 bits per heavy atom. The minimum absolute atomic E-state index is 0.0150. The largest absolute Gasteiger partial charge is 0.357 e. The molecule has 0 radical (unpaired) electrons. The monoisotopic (exact) mass is 430 g/mol. The van der Waals surface area contributed by atoms with E-state index in [0.717, 1.165) is 42.6 Å². The second-order valence-corrected chi connectivity index (χ2v) is 8.66. The Kier molecular flexibility index (Phi) is 5.26. The van der Waals surface area contributed by atoms with Crippen molar-refractivity contribution in [1.29, 1.82) is 0 Å². The summed E-state index contributed by atoms with van der Waals surface area (Å²) in [4.78, 5) is 20.2. The first-order chi connectivity index (χ1) is 14.6. The summed E-state index contributed by atoms with van der Waals surface area (Å²) in [7, 11) is 1.92. The van der Waals surface area contributed by atoms with Gasteiger partial charge in [-0.25, -0.2) is 0 Å². The molecule has 3 aliphatic rings. The van der Waals surface area contributed by atoms with Crippen LogP contribution in [0.3, 0.4) is 0 Å². The zero-order chi connectivity index (χ0) is 20.7. The molecule has 10 heteroatoms. The molecule has 3 unspecified atom stereocenters. The van der Waals surface area contributed by atoms with Gasteiger partial charge in [0, 0.05) is 60.4 Å². The number of hydrogen-bond acceptors (Lipinski definition) is 8. The van der Waals surface area contributed by atoms with Crippen molar-refractivity contribution in [2.24, 2.45) is 5.41 Å². The summed E-state index contributed by atoms with van der Waals surface area (Å²) in [5.41, 5.74) is 1.26. The smallest absolute Gasteiger partial charge is 0.237 e. The summed E-state index contributed by atoms with van der Waals surface area (Å²) < 4.78 is 0. The number of nitrogens with zero attached hydrogens (tertiary/aromatic N) is 3. The number of anilines is 1. The molecule has 0 saturated carbocycles. The van der Waals surface area contributed by atoms with Crippen LogP contribution in [0.5, 0.6) is 0 Å². The van der Waals surface area contributed by atoms with Crippen LogP contribution in [0.15, 0.2) is 36.7 Å². The van der Waals surface area contributed by atoms with Gasteiger partial charge in [0.25, 0.3) is 0 Å². The van der Waals surface area contributed by atoms with Gasteiger partial charge in [-0.2, -0.15) is 0 Å². The number of benzene rings is 1. The van der Waals surface area contributed by atoms with Gasteiger partial charge in [0.05, 0.1) is 0 Å². The summed E-state index contributed by atoms with van der Waals surface area (Å²) in [6.45, 7) is 3.52. The van der Waals surface area contributed by atoms with Gasteiger partial charge >= 0.3 is 0 Å². The minimum atomic E-state index is -0.125. The Morgan fingerprint density at radius 2 is 2.00 bits per heavy atom. The van der Waals surface area contributed by atoms with E-state index in [9.17, 15) is 4.79 Å². The number of pyridine rings is 1. The van der Waals surface area contributed by atoms with Crippen LogP contribution >= 0.6 is 11.6 Å². The number of nitrogens with one attached hydrogen (secondary N) is 5. The van der Waals surface area contributed by atoms with Crippen molar-refractivity contribution in [2.75, 3.05) is 44.4 Å². The lowest BCUT2D eigenvalue weighted by Crippen LogP contribution is -2.82. The van der Waals surface area contributed by atoms with Crippen molar-refractivity contribution in [3.63, 3.8) is 0 Å². The van der Waals surface area contributed by atoms with Crippen molar-refractivity contribution in [3.05, 3.63) is 36.7 Å². The number of hydrogen-bond donors (Lipinski definition) is 5. The average molecular weight is 431 g/mol. The summed E-state index contributed by atoms with van der Waals surface area (Å²) in [6.07, 6.45) is 3.53. The van der Waals surface area contributed by atoms with E-state index in [2.05, 4.69) is 48.6 Å². The topological polar surface area (TPSA) is 96.6 Å². The highest BCUT2D eigenvalue weighted by Gasteiger charge is 2.54. The zero-order valence-corrected chi connectivity index (χ0v) is 17.6. The number of likely N-dealkylation sites (tertiary alicyclic amines) is 2. The molecule has 0 aliphatic carbocycles. The summed E-state index contributed by atoms with van der Waals surface area (Å²) in [5, 5.41) is 19.7. The fraction of sp³-hybridized carbons (Fsp3) is 0.500. The van der Waals surface area contributed by atoms with E-state index in [1.807, 2.05) is 36.5 Å². The molecule has 5 rings (SSSR count). The first-order valence-electron chi connectivity index (χ1n) is 10.2. The molecule has 3 saturated heterocycles. The van der Waals surface area contributed by atoms with Crippen molar-refractivity contribution >= 4 is 34.0 Å². The van der Waals surface area contributed by atoms with Crippen LogP contribution in [0.1, 0.15) is 0 Å². The maximum Gasteiger partial charge on any atom is 0.237 e. The van der Waals surface area contributed by atoms with Gasteiger partial charge in [-0.3, -0.25) is 35.9 Å². The Balaban J connectivity index is 1.23. The van der Waals surface area contributed by atoms with Crippen LogP contribution in [0.25, 0.3) is 10.8 Å². The van der Waals surface area contributed by atoms with Crippen LogP contribution < -0.4 is 26.6 Å². The fourth-order valence-corrected chi connectivity index (χ4v) is 4.88. The van der Waals surface area contributed by atoms with Gasteiger partial charge in [0.15, 0.2) is 0 Å². The fourth-order valence-electron chi connectivity index (χ4n) is 4.71. The quantitative estimate of drug-likeness (QED) is 0.419. The molecule has 3 atom stereocenters. The average Bonchev–Trinajstić information content (AvgIpc) is 2.71. The molecule has 5 N–H and O–H groups in total. The number of carbonyl (C=O) groups excluding carboxylic acids is 1. The molecule has 3 aliphatic heterocycles. The zero-order valence-electron chi connectivity index (χ0n) is 16.9. The number of aromatic nitrogens is 1. The summed E-state index contributed by atoms with van der Waals surface area (Å²) >= 11 is 5.67. The number of rotatable bonds is 5. The maximum atomic E-state index is 11.7. The van der Waals surface area contributed by atoms with Crippen molar-refractivity contribution in [1.82, 2.24) is 36.1 Å². The van der Waals surface area contributed by atoms with E-state index < -0.39 is 0 Å². The molecule has 0 bridgehead atoms. The first-order valence-corrected chi connectivity index (χ1v) is 10.8. The highest BCUT2D eigenvalue weighted by molar-refractivity contribution is 6.27. The van der Waals surface area contributed by atoms with Crippen molar-refractivity contribution in [3.8, 4) is 0 Å². The third-order valence-electron chi connectivity index (χ3n) is 6.21. The molecule has 3 fully saturated rings. The molecule has 1 aromatic carbocycles. The number of halogens is 1. The lowest BCUT2D eigenvalue weighted by Gasteiger charge is -2.62. The van der Waals surface area contributed by atoms with E-state index >= 15 is 0 Å². The van der Waals surface area contributed by atoms with Crippen LogP contribution in [0, 0.1) is 5.41 Å². The Morgan fingerprint density at radius 1 is 1.20 bits per heavy atom. The van der Waals surface area contributed by atoms with Gasteiger partial charge in [-0.05, 0) is 19.2 Å². The number of amides is 1. The van der Waals surface area contributed by atoms with E-state index in [4.69, 9.17) is 11.6 Å². The van der Waals surface area contributed by atoms with E-state index in [0.29, 0.717) is 0 Å². The third kappa shape index (κ3) is 3.62. The summed E-state index contributed by atoms with van der Waals surface area (Å²) in [5.74, 6) is 0.0992. The lowest BCUT2D eigenvalue weighted by molar-refractivity contribution is -0.167. The predicted molar refractivity (Wildman–Crippen MR) is 117 cm³/mol. The second-order valence-electron chi connectivity index (χ2n) is 8.39. The lowest BCUT2D eigenvalue weighted by atomic mass is 9.73. The van der Waals surface area contributed by atoms with Gasteiger partial charge < -0.3 is 10.2 Å². The Hall–Kier alpha value is -2.01. The molecule has 1 amide bonds. The van der Waals surface area contributed by atoms with Gasteiger partial charge in [0.2, 0.25) is 5.91 Å². The van der Waals surface area contributed by atoms with Crippen LogP contribution in [0.2, 0.25) is 0 Å². The molecular weight excluding hydrogens is 404 g/mol. The van der Waals surface area contributed by atoms with Gasteiger partial charge in [0.1, 0.15) is 24.7 Å². The SMILES string of the molecule is CNC1NC(Nc2cccc3cnccc23)NC(N2CC3(CN(C(=O)CCl)C3)C2)N1. The molecule has 4 heterocycles. The predicted octanol–water partition coefficient (Wildman–Crippen LogP) is -0.118. The van der Waals surface area contributed by atoms with Gasteiger partial charge in [-0.15, -0.1) is 11.6 Å². The van der Waals surface area contributed by atoms with Crippen LogP contribution in [-0.4, -0.2) is 78.7 Å². The standard InChI is InChI=1S/C20H27ClN8O/c1-22-17-25-18(24-15-4-2-3-13-8-23-6-5-14(13)15)27-19(26-17)29-11-20(12-29)9-28(10-20)16(30)7-21/h2-6,8,17-19,22,24-27H,7,9-12H2,1H3. The second kappa shape index (κ2) is 7.92. The van der Waals surface area contributed by atoms with Gasteiger partial charge in [-0.1, -0.05) is 12.1 Å². The number of fused-ring (bicyclic) bond motifs is 1. The summed E-state index contributed by atoms with van der Waals surface area (Å²) in [6, 6.07) is 8.19. The molecular formula is C20H27ClN8O. The minimum Gasteiger partial charge on any atom is -0.357 e. The van der Waals surface area contributed by atoms with E-state index in [1.165, 1.54) is 0 Å². The molecule has 1 aromatic heterocycles. The third-order valence-corrected chi connectivity index (χ3v) is 6.44. The van der Waals surface area contributed by atoms with E-state index in [-0.39, 0.29) is 36.1 Å². The van der Waals surface area contributed by atoms with Crippen molar-refractivity contribution < 1.29 is 4.79 Å². The number of alkyl halides is 1. The molecule has 2 aromatic rings.